The Morgan fingerprint density at radius 2 is 2.21 bits per heavy atom. The van der Waals surface area contributed by atoms with Gasteiger partial charge in [0, 0.05) is 29.7 Å². The van der Waals surface area contributed by atoms with E-state index in [4.69, 9.17) is 10.5 Å². The predicted octanol–water partition coefficient (Wildman–Crippen LogP) is 1.49. The molecule has 0 heterocycles. The SMILES string of the molecule is COc1ccc([N+](=O)[O-])cc1CC(C)(CN)C(C)O. The number of rotatable bonds is 6. The van der Waals surface area contributed by atoms with Gasteiger partial charge in [0.05, 0.1) is 18.1 Å². The number of benzene rings is 1. The van der Waals surface area contributed by atoms with Crippen LogP contribution in [0.1, 0.15) is 19.4 Å². The number of hydrogen-bond acceptors (Lipinski definition) is 5. The van der Waals surface area contributed by atoms with E-state index in [1.807, 2.05) is 6.92 Å². The summed E-state index contributed by atoms with van der Waals surface area (Å²) in [5.41, 5.74) is 5.83. The third-order valence-electron chi connectivity index (χ3n) is 3.54. The second-order valence-corrected chi connectivity index (χ2v) is 4.96. The second-order valence-electron chi connectivity index (χ2n) is 4.96. The topological polar surface area (TPSA) is 98.6 Å². The summed E-state index contributed by atoms with van der Waals surface area (Å²) in [7, 11) is 1.51. The minimum atomic E-state index is -0.624. The zero-order valence-corrected chi connectivity index (χ0v) is 11.4. The number of nitrogens with two attached hydrogens (primary N) is 1. The van der Waals surface area contributed by atoms with Crippen LogP contribution >= 0.6 is 0 Å². The molecule has 2 atom stereocenters. The van der Waals surface area contributed by atoms with Crippen molar-refractivity contribution in [2.24, 2.45) is 11.1 Å². The molecule has 3 N–H and O–H groups in total. The van der Waals surface area contributed by atoms with Gasteiger partial charge in [-0.2, -0.15) is 0 Å². The van der Waals surface area contributed by atoms with Crippen molar-refractivity contribution >= 4 is 5.69 Å². The van der Waals surface area contributed by atoms with Gasteiger partial charge in [-0.05, 0) is 19.4 Å². The highest BCUT2D eigenvalue weighted by Gasteiger charge is 2.30. The van der Waals surface area contributed by atoms with Crippen molar-refractivity contribution < 1.29 is 14.8 Å². The van der Waals surface area contributed by atoms with Crippen LogP contribution in [0, 0.1) is 15.5 Å². The number of methoxy groups -OCH3 is 1. The first kappa shape index (κ1) is 15.4. The monoisotopic (exact) mass is 268 g/mol. The molecule has 0 saturated heterocycles. The predicted molar refractivity (Wildman–Crippen MR) is 72.2 cm³/mol. The quantitative estimate of drug-likeness (QED) is 0.601. The lowest BCUT2D eigenvalue weighted by Gasteiger charge is -2.31. The molecule has 0 bridgehead atoms. The summed E-state index contributed by atoms with van der Waals surface area (Å²) >= 11 is 0. The summed E-state index contributed by atoms with van der Waals surface area (Å²) in [6.07, 6.45) is -0.215. The van der Waals surface area contributed by atoms with Crippen LogP contribution in [-0.4, -0.2) is 29.8 Å². The maximum atomic E-state index is 10.8. The lowest BCUT2D eigenvalue weighted by atomic mass is 9.79. The Balaban J connectivity index is 3.17. The minimum Gasteiger partial charge on any atom is -0.496 e. The molecule has 6 nitrogen and oxygen atoms in total. The maximum absolute atomic E-state index is 10.8. The molecule has 0 aromatic heterocycles. The Bertz CT molecular complexity index is 462. The van der Waals surface area contributed by atoms with Gasteiger partial charge in [0.15, 0.2) is 0 Å². The molecule has 6 heteroatoms. The van der Waals surface area contributed by atoms with E-state index >= 15 is 0 Å². The number of nitrogens with zero attached hydrogens (tertiary/aromatic N) is 1. The van der Waals surface area contributed by atoms with E-state index in [-0.39, 0.29) is 12.2 Å². The molecule has 0 aliphatic rings. The molecule has 106 valence electrons. The van der Waals surface area contributed by atoms with Gasteiger partial charge in [-0.15, -0.1) is 0 Å². The Morgan fingerprint density at radius 1 is 1.58 bits per heavy atom. The van der Waals surface area contributed by atoms with Crippen LogP contribution < -0.4 is 10.5 Å². The number of nitro benzene ring substituents is 1. The zero-order chi connectivity index (χ0) is 14.6. The molecule has 19 heavy (non-hydrogen) atoms. The largest absolute Gasteiger partial charge is 0.496 e. The Hall–Kier alpha value is -1.66. The second kappa shape index (κ2) is 5.99. The van der Waals surface area contributed by atoms with Crippen molar-refractivity contribution in [2.75, 3.05) is 13.7 Å². The van der Waals surface area contributed by atoms with Crippen molar-refractivity contribution in [3.8, 4) is 5.75 Å². The molecule has 1 aromatic rings. The molecule has 2 unspecified atom stereocenters. The Morgan fingerprint density at radius 3 is 2.63 bits per heavy atom. The normalized spacial score (nSPS) is 15.6. The zero-order valence-electron chi connectivity index (χ0n) is 11.4. The van der Waals surface area contributed by atoms with Gasteiger partial charge in [0.2, 0.25) is 0 Å². The van der Waals surface area contributed by atoms with E-state index in [1.165, 1.54) is 19.2 Å². The molecule has 0 spiro atoms. The van der Waals surface area contributed by atoms with Gasteiger partial charge in [-0.3, -0.25) is 10.1 Å². The lowest BCUT2D eigenvalue weighted by Crippen LogP contribution is -2.39. The van der Waals surface area contributed by atoms with Crippen LogP contribution in [0.3, 0.4) is 0 Å². The lowest BCUT2D eigenvalue weighted by molar-refractivity contribution is -0.384. The maximum Gasteiger partial charge on any atom is 0.269 e. The van der Waals surface area contributed by atoms with E-state index in [1.54, 1.807) is 13.0 Å². The molecular weight excluding hydrogens is 248 g/mol. The van der Waals surface area contributed by atoms with Crippen molar-refractivity contribution in [3.63, 3.8) is 0 Å². The first-order valence-electron chi connectivity index (χ1n) is 6.03. The van der Waals surface area contributed by atoms with E-state index in [0.717, 1.165) is 0 Å². The summed E-state index contributed by atoms with van der Waals surface area (Å²) in [4.78, 5) is 10.4. The van der Waals surface area contributed by atoms with Crippen molar-refractivity contribution in [1.29, 1.82) is 0 Å². The molecule has 0 aliphatic heterocycles. The summed E-state index contributed by atoms with van der Waals surface area (Å²) in [5.74, 6) is 0.561. The van der Waals surface area contributed by atoms with Gasteiger partial charge < -0.3 is 15.6 Å². The summed E-state index contributed by atoms with van der Waals surface area (Å²) < 4.78 is 5.21. The molecule has 1 aromatic carbocycles. The van der Waals surface area contributed by atoms with E-state index in [0.29, 0.717) is 17.7 Å². The number of aliphatic hydroxyl groups excluding tert-OH is 1. The fourth-order valence-corrected chi connectivity index (χ4v) is 1.84. The molecule has 1 rings (SSSR count). The van der Waals surface area contributed by atoms with Gasteiger partial charge in [0.25, 0.3) is 5.69 Å². The van der Waals surface area contributed by atoms with E-state index < -0.39 is 16.4 Å². The van der Waals surface area contributed by atoms with Gasteiger partial charge in [-0.25, -0.2) is 0 Å². The standard InChI is InChI=1S/C13H20N2O4/c1-9(16)13(2,8-14)7-10-6-11(15(17)18)4-5-12(10)19-3/h4-6,9,16H,7-8,14H2,1-3H3. The summed E-state index contributed by atoms with van der Waals surface area (Å²) in [6, 6.07) is 4.42. The molecule has 0 aliphatic carbocycles. The summed E-state index contributed by atoms with van der Waals surface area (Å²) in [6.45, 7) is 3.78. The number of non-ortho nitro benzene ring substituents is 1. The van der Waals surface area contributed by atoms with Crippen LogP contribution in [0.4, 0.5) is 5.69 Å². The van der Waals surface area contributed by atoms with Gasteiger partial charge in [0.1, 0.15) is 5.75 Å². The van der Waals surface area contributed by atoms with Crippen LogP contribution in [0.5, 0.6) is 5.75 Å². The number of hydrogen-bond donors (Lipinski definition) is 2. The third kappa shape index (κ3) is 3.42. The van der Waals surface area contributed by atoms with Gasteiger partial charge in [-0.1, -0.05) is 6.92 Å². The Kier molecular flexibility index (Phi) is 4.85. The van der Waals surface area contributed by atoms with Crippen LogP contribution in [-0.2, 0) is 6.42 Å². The van der Waals surface area contributed by atoms with Crippen molar-refractivity contribution in [3.05, 3.63) is 33.9 Å². The molecular formula is C13H20N2O4. The third-order valence-corrected chi connectivity index (χ3v) is 3.54. The first-order valence-corrected chi connectivity index (χ1v) is 6.03. The number of aliphatic hydroxyl groups is 1. The van der Waals surface area contributed by atoms with Crippen LogP contribution in [0.2, 0.25) is 0 Å². The highest BCUT2D eigenvalue weighted by molar-refractivity contribution is 5.44. The molecule has 0 radical (unpaired) electrons. The number of ether oxygens (including phenoxy) is 1. The highest BCUT2D eigenvalue weighted by Crippen LogP contribution is 2.32. The molecule has 0 fully saturated rings. The van der Waals surface area contributed by atoms with E-state index in [9.17, 15) is 15.2 Å². The van der Waals surface area contributed by atoms with Crippen molar-refractivity contribution in [2.45, 2.75) is 26.4 Å². The molecule has 0 saturated carbocycles. The van der Waals surface area contributed by atoms with Crippen LogP contribution in [0.15, 0.2) is 18.2 Å². The minimum absolute atomic E-state index is 0.000708. The highest BCUT2D eigenvalue weighted by atomic mass is 16.6. The smallest absolute Gasteiger partial charge is 0.269 e. The van der Waals surface area contributed by atoms with Crippen LogP contribution in [0.25, 0.3) is 0 Å². The van der Waals surface area contributed by atoms with E-state index in [2.05, 4.69) is 0 Å². The first-order chi connectivity index (χ1) is 8.84. The van der Waals surface area contributed by atoms with Gasteiger partial charge >= 0.3 is 0 Å². The summed E-state index contributed by atoms with van der Waals surface area (Å²) in [5, 5.41) is 20.6. The number of nitro groups is 1. The fourth-order valence-electron chi connectivity index (χ4n) is 1.84. The average molecular weight is 268 g/mol. The van der Waals surface area contributed by atoms with Crippen molar-refractivity contribution in [1.82, 2.24) is 0 Å². The molecule has 0 amide bonds. The Labute approximate surface area is 112 Å². The average Bonchev–Trinajstić information content (AvgIpc) is 2.38. The fraction of sp³-hybridized carbons (Fsp3) is 0.538.